The fourth-order valence-corrected chi connectivity index (χ4v) is 6.08. The molecule has 5 aromatic carbocycles. The Labute approximate surface area is 278 Å². The van der Waals surface area contributed by atoms with Crippen LogP contribution in [0.4, 0.5) is 0 Å². The van der Waals surface area contributed by atoms with Crippen LogP contribution in [0.1, 0.15) is 27.8 Å². The van der Waals surface area contributed by atoms with Crippen molar-refractivity contribution >= 4 is 28.4 Å². The number of likely N-dealkylation sites (N-methyl/N-ethyl adjacent to an activating group) is 1. The van der Waals surface area contributed by atoms with Crippen molar-refractivity contribution in [3.05, 3.63) is 176 Å². The standard InChI is InChI=1S/C24H25N3O.C16H14N2O2/c1-26(17-19-9-4-2-5-10-19)16-15-21-13-8-14-22-23(21)25-24(28)27(22)18-20-11-6-3-7-12-20;19-10-9-13-7-4-8-14-15(13)17-16(20)18(14)11-12-5-2-1-3-6-12/h2-14H,15-18H2,1H3,(H,25,28);1-8,10H,9,11H2,(H,17,20). The first-order chi connectivity index (χ1) is 23.5. The summed E-state index contributed by atoms with van der Waals surface area (Å²) in [4.78, 5) is 43.6. The number of hydrogen-bond acceptors (Lipinski definition) is 4. The molecule has 7 rings (SSSR count). The number of rotatable bonds is 11. The molecule has 2 heterocycles. The van der Waals surface area contributed by atoms with Crippen LogP contribution in [0.3, 0.4) is 0 Å². The Balaban J connectivity index is 0.000000177. The summed E-state index contributed by atoms with van der Waals surface area (Å²) in [5, 5.41) is 0. The predicted molar refractivity (Wildman–Crippen MR) is 192 cm³/mol. The number of hydrogen-bond donors (Lipinski definition) is 2. The first kappa shape index (κ1) is 32.2. The molecule has 0 saturated heterocycles. The molecule has 48 heavy (non-hydrogen) atoms. The third kappa shape index (κ3) is 7.62. The molecule has 0 spiro atoms. The Morgan fingerprint density at radius 2 is 1.04 bits per heavy atom. The minimum atomic E-state index is -0.151. The molecule has 0 saturated carbocycles. The third-order valence-electron chi connectivity index (χ3n) is 8.52. The number of imidazole rings is 2. The number of fused-ring (bicyclic) bond motifs is 2. The van der Waals surface area contributed by atoms with Gasteiger partial charge in [0.05, 0.1) is 35.2 Å². The average molecular weight is 638 g/mol. The van der Waals surface area contributed by atoms with Crippen LogP contribution in [-0.4, -0.2) is 43.9 Å². The van der Waals surface area contributed by atoms with E-state index in [9.17, 15) is 14.4 Å². The van der Waals surface area contributed by atoms with E-state index >= 15 is 0 Å². The Kier molecular flexibility index (Phi) is 10.2. The number of nitrogens with one attached hydrogen (secondary N) is 2. The topological polar surface area (TPSA) is 95.9 Å². The molecule has 0 aliphatic rings. The zero-order chi connectivity index (χ0) is 33.3. The van der Waals surface area contributed by atoms with Crippen molar-refractivity contribution < 1.29 is 4.79 Å². The van der Waals surface area contributed by atoms with E-state index in [0.29, 0.717) is 19.5 Å². The van der Waals surface area contributed by atoms with Crippen LogP contribution in [0.25, 0.3) is 22.1 Å². The Morgan fingerprint density at radius 3 is 1.54 bits per heavy atom. The number of para-hydroxylation sites is 2. The first-order valence-corrected chi connectivity index (χ1v) is 16.1. The van der Waals surface area contributed by atoms with Crippen molar-refractivity contribution in [2.75, 3.05) is 13.6 Å². The van der Waals surface area contributed by atoms with Crippen molar-refractivity contribution in [1.82, 2.24) is 24.0 Å². The van der Waals surface area contributed by atoms with E-state index in [-0.39, 0.29) is 11.4 Å². The molecule has 0 unspecified atom stereocenters. The fraction of sp³-hybridized carbons (Fsp3) is 0.175. The summed E-state index contributed by atoms with van der Waals surface area (Å²) in [5.41, 5.74) is 8.83. The lowest BCUT2D eigenvalue weighted by Gasteiger charge is -2.17. The van der Waals surface area contributed by atoms with Gasteiger partial charge in [0.25, 0.3) is 0 Å². The normalized spacial score (nSPS) is 11.1. The summed E-state index contributed by atoms with van der Waals surface area (Å²) in [6.07, 6.45) is 2.05. The Morgan fingerprint density at radius 1 is 0.583 bits per heavy atom. The summed E-state index contributed by atoms with van der Waals surface area (Å²) >= 11 is 0. The van der Waals surface area contributed by atoms with Crippen molar-refractivity contribution in [3.63, 3.8) is 0 Å². The third-order valence-corrected chi connectivity index (χ3v) is 8.52. The van der Waals surface area contributed by atoms with Gasteiger partial charge in [0.15, 0.2) is 0 Å². The minimum Gasteiger partial charge on any atom is -0.305 e. The number of carbonyl (C=O) groups excluding carboxylic acids is 1. The molecular weight excluding hydrogens is 598 g/mol. The lowest BCUT2D eigenvalue weighted by molar-refractivity contribution is -0.107. The van der Waals surface area contributed by atoms with Crippen LogP contribution in [0.15, 0.2) is 137 Å². The second-order valence-corrected chi connectivity index (χ2v) is 12.0. The Bertz CT molecular complexity index is 2210. The highest BCUT2D eigenvalue weighted by atomic mass is 16.1. The summed E-state index contributed by atoms with van der Waals surface area (Å²) in [6, 6.07) is 42.2. The molecule has 8 heteroatoms. The van der Waals surface area contributed by atoms with Crippen molar-refractivity contribution in [1.29, 1.82) is 0 Å². The van der Waals surface area contributed by atoms with Gasteiger partial charge in [-0.25, -0.2) is 9.59 Å². The second kappa shape index (κ2) is 15.2. The lowest BCUT2D eigenvalue weighted by Crippen LogP contribution is -2.20. The van der Waals surface area contributed by atoms with Gasteiger partial charge >= 0.3 is 11.4 Å². The van der Waals surface area contributed by atoms with Gasteiger partial charge in [-0.1, -0.05) is 115 Å². The van der Waals surface area contributed by atoms with Crippen LogP contribution in [0.2, 0.25) is 0 Å². The molecular formula is C40H39N5O3. The maximum absolute atomic E-state index is 12.6. The maximum atomic E-state index is 12.6. The van der Waals surface area contributed by atoms with Gasteiger partial charge in [-0.05, 0) is 53.4 Å². The summed E-state index contributed by atoms with van der Waals surface area (Å²) < 4.78 is 3.51. The summed E-state index contributed by atoms with van der Waals surface area (Å²) in [5.74, 6) is 0. The van der Waals surface area contributed by atoms with Crippen LogP contribution >= 0.6 is 0 Å². The summed E-state index contributed by atoms with van der Waals surface area (Å²) in [7, 11) is 2.14. The maximum Gasteiger partial charge on any atom is 0.326 e. The molecule has 2 N–H and O–H groups in total. The zero-order valence-corrected chi connectivity index (χ0v) is 27.0. The zero-order valence-electron chi connectivity index (χ0n) is 27.0. The SMILES string of the molecule is CN(CCc1cccc2c1[nH]c(=O)n2Cc1ccccc1)Cc1ccccc1.O=CCc1cccc2c1[nH]c(=O)n2Cc1ccccc1. The fourth-order valence-electron chi connectivity index (χ4n) is 6.08. The van der Waals surface area contributed by atoms with Gasteiger partial charge in [0.1, 0.15) is 6.29 Å². The summed E-state index contributed by atoms with van der Waals surface area (Å²) in [6.45, 7) is 2.95. The smallest absolute Gasteiger partial charge is 0.305 e. The van der Waals surface area contributed by atoms with Gasteiger partial charge in [0, 0.05) is 19.5 Å². The van der Waals surface area contributed by atoms with E-state index < -0.39 is 0 Å². The number of aromatic amines is 2. The lowest BCUT2D eigenvalue weighted by atomic mass is 10.1. The van der Waals surface area contributed by atoms with Gasteiger partial charge < -0.3 is 19.7 Å². The highest BCUT2D eigenvalue weighted by molar-refractivity contribution is 5.81. The van der Waals surface area contributed by atoms with Gasteiger partial charge in [-0.2, -0.15) is 0 Å². The van der Waals surface area contributed by atoms with E-state index in [0.717, 1.165) is 64.6 Å². The molecule has 242 valence electrons. The monoisotopic (exact) mass is 637 g/mol. The molecule has 8 nitrogen and oxygen atoms in total. The molecule has 0 fully saturated rings. The van der Waals surface area contributed by atoms with Crippen molar-refractivity contribution in [2.45, 2.75) is 32.5 Å². The molecule has 7 aromatic rings. The minimum absolute atomic E-state index is 0.0519. The van der Waals surface area contributed by atoms with Crippen LogP contribution < -0.4 is 11.4 Å². The van der Waals surface area contributed by atoms with Crippen LogP contribution in [-0.2, 0) is 37.3 Å². The number of H-pyrrole nitrogens is 2. The van der Waals surface area contributed by atoms with Crippen LogP contribution in [0.5, 0.6) is 0 Å². The van der Waals surface area contributed by atoms with Gasteiger partial charge in [-0.3, -0.25) is 9.13 Å². The number of aromatic nitrogens is 4. The van der Waals surface area contributed by atoms with Crippen molar-refractivity contribution in [3.8, 4) is 0 Å². The number of aldehydes is 1. The molecule has 2 aromatic heterocycles. The quantitative estimate of drug-likeness (QED) is 0.166. The molecule has 0 radical (unpaired) electrons. The van der Waals surface area contributed by atoms with Gasteiger partial charge in [0.2, 0.25) is 0 Å². The van der Waals surface area contributed by atoms with Gasteiger partial charge in [-0.15, -0.1) is 0 Å². The highest BCUT2D eigenvalue weighted by Crippen LogP contribution is 2.19. The van der Waals surface area contributed by atoms with Crippen molar-refractivity contribution in [2.24, 2.45) is 0 Å². The first-order valence-electron chi connectivity index (χ1n) is 16.1. The average Bonchev–Trinajstić information content (AvgIpc) is 3.61. The molecule has 0 bridgehead atoms. The van der Waals surface area contributed by atoms with Crippen LogP contribution in [0, 0.1) is 0 Å². The van der Waals surface area contributed by atoms with E-state index in [1.165, 1.54) is 11.1 Å². The number of nitrogens with zero attached hydrogens (tertiary/aromatic N) is 3. The molecule has 0 atom stereocenters. The molecule has 0 aliphatic heterocycles. The van der Waals surface area contributed by atoms with E-state index in [2.05, 4.69) is 52.2 Å². The Hall–Kier alpha value is -5.73. The second-order valence-electron chi connectivity index (χ2n) is 12.0. The van der Waals surface area contributed by atoms with E-state index in [1.54, 1.807) is 4.57 Å². The predicted octanol–water partition coefficient (Wildman–Crippen LogP) is 6.17. The number of carbonyl (C=O) groups is 1. The molecule has 0 aliphatic carbocycles. The molecule has 0 amide bonds. The highest BCUT2D eigenvalue weighted by Gasteiger charge is 2.12. The van der Waals surface area contributed by atoms with E-state index in [1.807, 2.05) is 102 Å². The van der Waals surface area contributed by atoms with E-state index in [4.69, 9.17) is 0 Å². The largest absolute Gasteiger partial charge is 0.326 e. The number of benzene rings is 5.